The Morgan fingerprint density at radius 1 is 1.07 bits per heavy atom. The summed E-state index contributed by atoms with van der Waals surface area (Å²) in [6.45, 7) is 1.22. The van der Waals surface area contributed by atoms with Crippen LogP contribution in [0.2, 0.25) is 0 Å². The molecule has 1 saturated heterocycles. The number of carbonyl (C=O) groups is 1. The molecule has 0 radical (unpaired) electrons. The Labute approximate surface area is 157 Å². The minimum atomic E-state index is -0.119. The number of ether oxygens (including phenoxy) is 1. The number of aromatic nitrogens is 1. The molecule has 0 unspecified atom stereocenters. The SMILES string of the molecule is Nc1ccc(OC2CCN(C(=O)c3ccc4cccc(O)c4n3)CC2)cc1. The van der Waals surface area contributed by atoms with Crippen LogP contribution in [0.25, 0.3) is 10.9 Å². The summed E-state index contributed by atoms with van der Waals surface area (Å²) >= 11 is 0. The topological polar surface area (TPSA) is 88.7 Å². The summed E-state index contributed by atoms with van der Waals surface area (Å²) in [7, 11) is 0. The van der Waals surface area contributed by atoms with Gasteiger partial charge in [-0.3, -0.25) is 4.79 Å². The summed E-state index contributed by atoms with van der Waals surface area (Å²) in [4.78, 5) is 18.9. The maximum absolute atomic E-state index is 12.8. The monoisotopic (exact) mass is 363 g/mol. The Kier molecular flexibility index (Phi) is 4.54. The predicted octanol–water partition coefficient (Wildman–Crippen LogP) is 3.21. The summed E-state index contributed by atoms with van der Waals surface area (Å²) in [5.41, 5.74) is 7.19. The van der Waals surface area contributed by atoms with E-state index in [-0.39, 0.29) is 17.8 Å². The van der Waals surface area contributed by atoms with Gasteiger partial charge in [-0.05, 0) is 36.4 Å². The highest BCUT2D eigenvalue weighted by Crippen LogP contribution is 2.24. The lowest BCUT2D eigenvalue weighted by Crippen LogP contribution is -2.42. The average Bonchev–Trinajstić information content (AvgIpc) is 2.70. The van der Waals surface area contributed by atoms with Gasteiger partial charge in [-0.25, -0.2) is 4.98 Å². The minimum absolute atomic E-state index is 0.0753. The Bertz CT molecular complexity index is 964. The van der Waals surface area contributed by atoms with Crippen LogP contribution < -0.4 is 10.5 Å². The molecule has 0 spiro atoms. The Morgan fingerprint density at radius 2 is 1.81 bits per heavy atom. The molecule has 0 atom stereocenters. The number of likely N-dealkylation sites (tertiary alicyclic amines) is 1. The summed E-state index contributed by atoms with van der Waals surface area (Å²) in [5, 5.41) is 10.8. The number of rotatable bonds is 3. The first-order chi connectivity index (χ1) is 13.1. The van der Waals surface area contributed by atoms with E-state index >= 15 is 0 Å². The lowest BCUT2D eigenvalue weighted by Gasteiger charge is -2.32. The fraction of sp³-hybridized carbons (Fsp3) is 0.238. The van der Waals surface area contributed by atoms with Gasteiger partial charge in [0.15, 0.2) is 0 Å². The number of amides is 1. The van der Waals surface area contributed by atoms with Crippen molar-refractivity contribution in [1.82, 2.24) is 9.88 Å². The molecule has 138 valence electrons. The van der Waals surface area contributed by atoms with E-state index in [4.69, 9.17) is 10.5 Å². The summed E-state index contributed by atoms with van der Waals surface area (Å²) in [5.74, 6) is 0.754. The number of para-hydroxylation sites is 1. The number of benzene rings is 2. The van der Waals surface area contributed by atoms with Crippen molar-refractivity contribution in [2.75, 3.05) is 18.8 Å². The quantitative estimate of drug-likeness (QED) is 0.698. The molecule has 0 bridgehead atoms. The van der Waals surface area contributed by atoms with Crippen molar-refractivity contribution in [3.63, 3.8) is 0 Å². The largest absolute Gasteiger partial charge is 0.506 e. The molecule has 2 aromatic carbocycles. The van der Waals surface area contributed by atoms with E-state index in [0.717, 1.165) is 24.0 Å². The summed E-state index contributed by atoms with van der Waals surface area (Å²) in [6.07, 6.45) is 1.59. The predicted molar refractivity (Wildman–Crippen MR) is 104 cm³/mol. The molecular weight excluding hydrogens is 342 g/mol. The molecule has 1 aromatic heterocycles. The second-order valence-corrected chi connectivity index (χ2v) is 6.72. The van der Waals surface area contributed by atoms with Crippen LogP contribution in [0.5, 0.6) is 11.5 Å². The molecule has 1 aliphatic heterocycles. The molecule has 3 aromatic rings. The van der Waals surface area contributed by atoms with Gasteiger partial charge in [0, 0.05) is 37.0 Å². The van der Waals surface area contributed by atoms with Crippen molar-refractivity contribution in [3.05, 3.63) is 60.3 Å². The van der Waals surface area contributed by atoms with Crippen LogP contribution >= 0.6 is 0 Å². The van der Waals surface area contributed by atoms with Crippen molar-refractivity contribution in [3.8, 4) is 11.5 Å². The van der Waals surface area contributed by atoms with Gasteiger partial charge in [0.25, 0.3) is 5.91 Å². The van der Waals surface area contributed by atoms with Crippen molar-refractivity contribution in [2.24, 2.45) is 0 Å². The molecule has 6 nitrogen and oxygen atoms in total. The third-order valence-electron chi connectivity index (χ3n) is 4.83. The summed E-state index contributed by atoms with van der Waals surface area (Å²) < 4.78 is 5.98. The van der Waals surface area contributed by atoms with Gasteiger partial charge in [-0.2, -0.15) is 0 Å². The Balaban J connectivity index is 1.41. The first kappa shape index (κ1) is 17.1. The standard InChI is InChI=1S/C21H21N3O3/c22-15-5-7-16(8-6-15)27-17-10-12-24(13-11-17)21(26)18-9-4-14-2-1-3-19(25)20(14)23-18/h1-9,17,25H,10-13,22H2. The number of phenols is 1. The lowest BCUT2D eigenvalue weighted by atomic mass is 10.1. The highest BCUT2D eigenvalue weighted by molar-refractivity contribution is 5.96. The van der Waals surface area contributed by atoms with E-state index in [1.807, 2.05) is 36.4 Å². The zero-order valence-corrected chi connectivity index (χ0v) is 14.8. The molecule has 3 N–H and O–H groups in total. The van der Waals surface area contributed by atoms with Gasteiger partial charge in [-0.1, -0.05) is 18.2 Å². The number of pyridine rings is 1. The number of nitrogens with zero attached hydrogens (tertiary/aromatic N) is 2. The highest BCUT2D eigenvalue weighted by atomic mass is 16.5. The molecule has 6 heteroatoms. The van der Waals surface area contributed by atoms with Gasteiger partial charge in [0.05, 0.1) is 0 Å². The number of hydrogen-bond acceptors (Lipinski definition) is 5. The van der Waals surface area contributed by atoms with E-state index in [9.17, 15) is 9.90 Å². The number of phenolic OH excluding ortho intramolecular Hbond substituents is 1. The third kappa shape index (κ3) is 3.65. The van der Waals surface area contributed by atoms with Crippen molar-refractivity contribution in [2.45, 2.75) is 18.9 Å². The van der Waals surface area contributed by atoms with Crippen molar-refractivity contribution < 1.29 is 14.6 Å². The van der Waals surface area contributed by atoms with Crippen molar-refractivity contribution >= 4 is 22.5 Å². The van der Waals surface area contributed by atoms with E-state index in [2.05, 4.69) is 4.98 Å². The first-order valence-corrected chi connectivity index (χ1v) is 9.00. The van der Waals surface area contributed by atoms with E-state index in [1.54, 1.807) is 23.1 Å². The molecule has 27 heavy (non-hydrogen) atoms. The first-order valence-electron chi connectivity index (χ1n) is 9.00. The van der Waals surface area contributed by atoms with Crippen LogP contribution in [-0.2, 0) is 0 Å². The number of aromatic hydroxyl groups is 1. The second kappa shape index (κ2) is 7.15. The normalized spacial score (nSPS) is 15.0. The second-order valence-electron chi connectivity index (χ2n) is 6.72. The molecule has 1 aliphatic rings. The zero-order chi connectivity index (χ0) is 18.8. The lowest BCUT2D eigenvalue weighted by molar-refractivity contribution is 0.0590. The van der Waals surface area contributed by atoms with Gasteiger partial charge in [0.2, 0.25) is 0 Å². The van der Waals surface area contributed by atoms with Crippen LogP contribution in [-0.4, -0.2) is 40.1 Å². The molecular formula is C21H21N3O3. The van der Waals surface area contributed by atoms with Gasteiger partial charge in [0.1, 0.15) is 28.8 Å². The number of nitrogen functional groups attached to an aromatic ring is 1. The molecule has 1 amide bonds. The number of fused-ring (bicyclic) bond motifs is 1. The fourth-order valence-corrected chi connectivity index (χ4v) is 3.33. The summed E-state index contributed by atoms with van der Waals surface area (Å²) in [6, 6.07) is 16.1. The molecule has 1 fully saturated rings. The van der Waals surface area contributed by atoms with Crippen molar-refractivity contribution in [1.29, 1.82) is 0 Å². The van der Waals surface area contributed by atoms with Crippen LogP contribution in [0.4, 0.5) is 5.69 Å². The molecule has 4 rings (SSSR count). The maximum atomic E-state index is 12.8. The molecule has 0 saturated carbocycles. The van der Waals surface area contributed by atoms with Gasteiger partial charge in [-0.15, -0.1) is 0 Å². The van der Waals surface area contributed by atoms with Crippen LogP contribution in [0.15, 0.2) is 54.6 Å². The van der Waals surface area contributed by atoms with Crippen LogP contribution in [0, 0.1) is 0 Å². The van der Waals surface area contributed by atoms with Gasteiger partial charge < -0.3 is 20.5 Å². The molecule has 2 heterocycles. The van der Waals surface area contributed by atoms with Gasteiger partial charge >= 0.3 is 0 Å². The molecule has 0 aliphatic carbocycles. The van der Waals surface area contributed by atoms with Crippen LogP contribution in [0.3, 0.4) is 0 Å². The van der Waals surface area contributed by atoms with Crippen LogP contribution in [0.1, 0.15) is 23.3 Å². The zero-order valence-electron chi connectivity index (χ0n) is 14.8. The number of nitrogens with two attached hydrogens (primary N) is 1. The van der Waals surface area contributed by atoms with E-state index in [0.29, 0.717) is 30.0 Å². The van der Waals surface area contributed by atoms with E-state index < -0.39 is 0 Å². The Hall–Kier alpha value is -3.28. The minimum Gasteiger partial charge on any atom is -0.506 e. The number of anilines is 1. The smallest absolute Gasteiger partial charge is 0.272 e. The highest BCUT2D eigenvalue weighted by Gasteiger charge is 2.25. The fourth-order valence-electron chi connectivity index (χ4n) is 3.33. The van der Waals surface area contributed by atoms with E-state index in [1.165, 1.54) is 0 Å². The Morgan fingerprint density at radius 3 is 2.56 bits per heavy atom. The number of hydrogen-bond donors (Lipinski definition) is 2. The number of piperidine rings is 1. The maximum Gasteiger partial charge on any atom is 0.272 e. The number of carbonyl (C=O) groups excluding carboxylic acids is 1. The third-order valence-corrected chi connectivity index (χ3v) is 4.83. The average molecular weight is 363 g/mol.